The van der Waals surface area contributed by atoms with Gasteiger partial charge in [0.2, 0.25) is 5.91 Å². The lowest BCUT2D eigenvalue weighted by Gasteiger charge is -2.14. The van der Waals surface area contributed by atoms with Crippen LogP contribution in [0.15, 0.2) is 114 Å². The quantitative estimate of drug-likeness (QED) is 0.0608. The van der Waals surface area contributed by atoms with Gasteiger partial charge in [0.25, 0.3) is 11.8 Å². The molecule has 0 spiro atoms. The molecule has 0 saturated carbocycles. The van der Waals surface area contributed by atoms with E-state index in [1.807, 2.05) is 50.2 Å². The van der Waals surface area contributed by atoms with Gasteiger partial charge in [0.05, 0.1) is 17.4 Å². The van der Waals surface area contributed by atoms with Gasteiger partial charge in [0, 0.05) is 21.8 Å². The van der Waals surface area contributed by atoms with Gasteiger partial charge in [-0.25, -0.2) is 4.79 Å². The Morgan fingerprint density at radius 2 is 1.54 bits per heavy atom. The second-order valence-corrected chi connectivity index (χ2v) is 12.0. The number of carbonyl (C=O) groups is 4. The number of ether oxygens (including phenoxy) is 1. The van der Waals surface area contributed by atoms with E-state index >= 15 is 0 Å². The molecule has 236 valence electrons. The van der Waals surface area contributed by atoms with Gasteiger partial charge < -0.3 is 20.7 Å². The lowest BCUT2D eigenvalue weighted by atomic mass is 10.1. The van der Waals surface area contributed by atoms with Gasteiger partial charge >= 0.3 is 5.97 Å². The molecule has 3 amide bonds. The maximum atomic E-state index is 13.5. The summed E-state index contributed by atoms with van der Waals surface area (Å²) in [5.41, 5.74) is 3.80. The van der Waals surface area contributed by atoms with Crippen LogP contribution in [0.4, 0.5) is 11.4 Å². The summed E-state index contributed by atoms with van der Waals surface area (Å²) < 4.78 is 5.23. The van der Waals surface area contributed by atoms with E-state index in [0.29, 0.717) is 29.1 Å². The molecule has 4 aromatic rings. The molecule has 1 unspecified atom stereocenters. The number of benzene rings is 4. The molecule has 0 bridgehead atoms. The number of amides is 3. The SMILES string of the molecule is CCCCOC(=O)c1ccc(NC(=O)C(C)Sc2cccc(NC(=O)/C(=C\c3cccc(C)c3)NC(=O)c3ccccc3)c2)cc1. The number of rotatable bonds is 13. The summed E-state index contributed by atoms with van der Waals surface area (Å²) in [4.78, 5) is 52.2. The van der Waals surface area contributed by atoms with Crippen LogP contribution >= 0.6 is 11.8 Å². The van der Waals surface area contributed by atoms with Gasteiger partial charge in [0.15, 0.2) is 0 Å². The van der Waals surface area contributed by atoms with Crippen LogP contribution < -0.4 is 16.0 Å². The van der Waals surface area contributed by atoms with Crippen LogP contribution in [0.3, 0.4) is 0 Å². The first kappa shape index (κ1) is 33.7. The number of unbranched alkanes of at least 4 members (excludes halogenated alkanes) is 1. The minimum Gasteiger partial charge on any atom is -0.462 e. The number of hydrogen-bond acceptors (Lipinski definition) is 6. The van der Waals surface area contributed by atoms with E-state index in [9.17, 15) is 19.2 Å². The van der Waals surface area contributed by atoms with Gasteiger partial charge in [-0.15, -0.1) is 11.8 Å². The van der Waals surface area contributed by atoms with Gasteiger partial charge in [-0.3, -0.25) is 14.4 Å². The van der Waals surface area contributed by atoms with Crippen molar-refractivity contribution in [2.24, 2.45) is 0 Å². The number of thioether (sulfide) groups is 1. The standard InChI is InChI=1S/C37H37N3O5S/c1-4-5-21-45-37(44)29-17-19-30(20-18-29)38-34(41)26(3)46-32-16-10-15-31(24-32)39-36(43)33(23-27-12-9-11-25(2)22-27)40-35(42)28-13-7-6-8-14-28/h6-20,22-24,26H,4-5,21H2,1-3H3,(H,38,41)(H,39,43)(H,40,42)/b33-23+. The Hall–Kier alpha value is -5.15. The highest BCUT2D eigenvalue weighted by molar-refractivity contribution is 8.00. The predicted octanol–water partition coefficient (Wildman–Crippen LogP) is 7.48. The third-order valence-corrected chi connectivity index (χ3v) is 7.87. The largest absolute Gasteiger partial charge is 0.462 e. The van der Waals surface area contributed by atoms with Crippen LogP contribution in [0, 0.1) is 6.92 Å². The van der Waals surface area contributed by atoms with Crippen molar-refractivity contribution in [1.82, 2.24) is 5.32 Å². The summed E-state index contributed by atoms with van der Waals surface area (Å²) >= 11 is 1.33. The fraction of sp³-hybridized carbons (Fsp3) is 0.189. The number of carbonyl (C=O) groups excluding carboxylic acids is 4. The molecule has 1 atom stereocenters. The fourth-order valence-electron chi connectivity index (χ4n) is 4.30. The molecule has 0 saturated heterocycles. The van der Waals surface area contributed by atoms with E-state index in [2.05, 4.69) is 16.0 Å². The summed E-state index contributed by atoms with van der Waals surface area (Å²) in [5.74, 6) is -1.50. The smallest absolute Gasteiger partial charge is 0.338 e. The summed E-state index contributed by atoms with van der Waals surface area (Å²) in [6.07, 6.45) is 3.38. The Balaban J connectivity index is 1.40. The molecule has 3 N–H and O–H groups in total. The molecule has 0 radical (unpaired) electrons. The summed E-state index contributed by atoms with van der Waals surface area (Å²) in [5, 5.41) is 8.03. The molecule has 0 aliphatic rings. The molecule has 0 aromatic heterocycles. The Morgan fingerprint density at radius 1 is 0.804 bits per heavy atom. The lowest BCUT2D eigenvalue weighted by Crippen LogP contribution is -2.30. The molecular weight excluding hydrogens is 598 g/mol. The Morgan fingerprint density at radius 3 is 2.26 bits per heavy atom. The van der Waals surface area contributed by atoms with Crippen molar-refractivity contribution in [2.75, 3.05) is 17.2 Å². The molecule has 0 heterocycles. The van der Waals surface area contributed by atoms with Crippen LogP contribution in [-0.2, 0) is 14.3 Å². The Bertz CT molecular complexity index is 1700. The zero-order valence-corrected chi connectivity index (χ0v) is 26.9. The monoisotopic (exact) mass is 635 g/mol. The van der Waals surface area contributed by atoms with Crippen LogP contribution in [0.25, 0.3) is 6.08 Å². The third-order valence-electron chi connectivity index (χ3n) is 6.78. The maximum absolute atomic E-state index is 13.5. The van der Waals surface area contributed by atoms with Crippen LogP contribution in [0.1, 0.15) is 58.5 Å². The number of nitrogens with one attached hydrogen (secondary N) is 3. The highest BCUT2D eigenvalue weighted by Gasteiger charge is 2.18. The maximum Gasteiger partial charge on any atom is 0.338 e. The van der Waals surface area contributed by atoms with Crippen molar-refractivity contribution in [3.63, 3.8) is 0 Å². The van der Waals surface area contributed by atoms with Gasteiger partial charge in [-0.05, 0) is 86.5 Å². The van der Waals surface area contributed by atoms with Gasteiger partial charge in [-0.1, -0.05) is 67.4 Å². The van der Waals surface area contributed by atoms with E-state index in [0.717, 1.165) is 28.9 Å². The second-order valence-electron chi connectivity index (χ2n) is 10.6. The Labute approximate surface area is 273 Å². The average Bonchev–Trinajstić information content (AvgIpc) is 3.05. The topological polar surface area (TPSA) is 114 Å². The van der Waals surface area contributed by atoms with Crippen molar-refractivity contribution in [3.05, 3.63) is 131 Å². The number of esters is 1. The molecular formula is C37H37N3O5S. The summed E-state index contributed by atoms with van der Waals surface area (Å²) in [7, 11) is 0. The van der Waals surface area contributed by atoms with Gasteiger partial charge in [0.1, 0.15) is 5.70 Å². The second kappa shape index (κ2) is 16.8. The van der Waals surface area contributed by atoms with E-state index in [-0.39, 0.29) is 11.6 Å². The van der Waals surface area contributed by atoms with Crippen LogP contribution in [0.5, 0.6) is 0 Å². The average molecular weight is 636 g/mol. The molecule has 8 nitrogen and oxygen atoms in total. The first-order chi connectivity index (χ1) is 22.2. The highest BCUT2D eigenvalue weighted by Crippen LogP contribution is 2.27. The normalized spacial score (nSPS) is 11.7. The molecule has 4 aromatic carbocycles. The Kier molecular flexibility index (Phi) is 12.3. The number of hydrogen-bond donors (Lipinski definition) is 3. The molecule has 0 aliphatic heterocycles. The first-order valence-corrected chi connectivity index (χ1v) is 15.9. The van der Waals surface area contributed by atoms with Crippen LogP contribution in [-0.4, -0.2) is 35.5 Å². The van der Waals surface area contributed by atoms with Crippen molar-refractivity contribution in [1.29, 1.82) is 0 Å². The minimum absolute atomic E-state index is 0.0884. The minimum atomic E-state index is -0.489. The highest BCUT2D eigenvalue weighted by atomic mass is 32.2. The zero-order chi connectivity index (χ0) is 32.9. The van der Waals surface area contributed by atoms with E-state index in [1.54, 1.807) is 79.7 Å². The number of anilines is 2. The lowest BCUT2D eigenvalue weighted by molar-refractivity contribution is -0.115. The van der Waals surface area contributed by atoms with E-state index in [4.69, 9.17) is 4.74 Å². The van der Waals surface area contributed by atoms with Gasteiger partial charge in [-0.2, -0.15) is 0 Å². The molecule has 4 rings (SSSR count). The zero-order valence-electron chi connectivity index (χ0n) is 26.0. The summed E-state index contributed by atoms with van der Waals surface area (Å²) in [6.45, 7) is 6.14. The first-order valence-electron chi connectivity index (χ1n) is 15.0. The van der Waals surface area contributed by atoms with Crippen molar-refractivity contribution >= 4 is 52.9 Å². The van der Waals surface area contributed by atoms with Crippen molar-refractivity contribution in [3.8, 4) is 0 Å². The molecule has 0 aliphatic carbocycles. The summed E-state index contributed by atoms with van der Waals surface area (Å²) in [6, 6.07) is 30.0. The fourth-order valence-corrected chi connectivity index (χ4v) is 5.22. The van der Waals surface area contributed by atoms with E-state index in [1.165, 1.54) is 11.8 Å². The number of aryl methyl sites for hydroxylation is 1. The van der Waals surface area contributed by atoms with Crippen molar-refractivity contribution in [2.45, 2.75) is 43.8 Å². The van der Waals surface area contributed by atoms with E-state index < -0.39 is 23.0 Å². The predicted molar refractivity (Wildman–Crippen MR) is 184 cm³/mol. The molecule has 46 heavy (non-hydrogen) atoms. The third kappa shape index (κ3) is 10.2. The van der Waals surface area contributed by atoms with Crippen molar-refractivity contribution < 1.29 is 23.9 Å². The molecule has 0 fully saturated rings. The van der Waals surface area contributed by atoms with Crippen LogP contribution in [0.2, 0.25) is 0 Å². The molecule has 9 heteroatoms.